The summed E-state index contributed by atoms with van der Waals surface area (Å²) in [5.41, 5.74) is 0.990. The lowest BCUT2D eigenvalue weighted by molar-refractivity contribution is 0.0594. The van der Waals surface area contributed by atoms with E-state index in [4.69, 9.17) is 9.26 Å². The zero-order valence-electron chi connectivity index (χ0n) is 12.9. The number of pyridine rings is 1. The molecule has 9 nitrogen and oxygen atoms in total. The third-order valence-corrected chi connectivity index (χ3v) is 4.24. The summed E-state index contributed by atoms with van der Waals surface area (Å²) in [6, 6.07) is 4.60. The normalized spacial score (nSPS) is 18.3. The standard InChI is InChI=1S/C15H15N5O4/c1-23-14(21)10-2-3-11-13(16-10)20(9-4-6-19(11)8-9)15(22)17-12-5-7-24-18-12/h2-3,5,7,9H,4,6,8H2,1H3,(H,17,18,22)/t9-/m0/s1. The van der Waals surface area contributed by atoms with E-state index in [0.717, 1.165) is 25.2 Å². The van der Waals surface area contributed by atoms with Crippen LogP contribution in [0, 0.1) is 0 Å². The van der Waals surface area contributed by atoms with Gasteiger partial charge in [-0.3, -0.25) is 10.2 Å². The van der Waals surface area contributed by atoms with Crippen LogP contribution < -0.4 is 15.1 Å². The molecule has 1 N–H and O–H groups in total. The molecule has 0 saturated carbocycles. The molecule has 0 spiro atoms. The number of esters is 1. The summed E-state index contributed by atoms with van der Waals surface area (Å²) >= 11 is 0. The van der Waals surface area contributed by atoms with E-state index in [-0.39, 0.29) is 17.8 Å². The number of aromatic nitrogens is 2. The number of hydrogen-bond acceptors (Lipinski definition) is 7. The molecule has 4 rings (SSSR count). The van der Waals surface area contributed by atoms with Crippen LogP contribution in [0.2, 0.25) is 0 Å². The Kier molecular flexibility index (Phi) is 3.33. The van der Waals surface area contributed by atoms with E-state index >= 15 is 0 Å². The van der Waals surface area contributed by atoms with E-state index in [1.807, 2.05) is 0 Å². The summed E-state index contributed by atoms with van der Waals surface area (Å²) in [5.74, 6) is 0.237. The second kappa shape index (κ2) is 5.52. The van der Waals surface area contributed by atoms with E-state index in [1.54, 1.807) is 23.1 Å². The second-order valence-corrected chi connectivity index (χ2v) is 5.60. The highest BCUT2D eigenvalue weighted by Crippen LogP contribution is 2.39. The van der Waals surface area contributed by atoms with Crippen molar-refractivity contribution >= 4 is 29.3 Å². The molecule has 24 heavy (non-hydrogen) atoms. The van der Waals surface area contributed by atoms with Crippen LogP contribution in [0.3, 0.4) is 0 Å². The summed E-state index contributed by atoms with van der Waals surface area (Å²) in [4.78, 5) is 32.6. The van der Waals surface area contributed by atoms with Gasteiger partial charge in [0.2, 0.25) is 0 Å². The van der Waals surface area contributed by atoms with Gasteiger partial charge in [-0.2, -0.15) is 0 Å². The average molecular weight is 329 g/mol. The average Bonchev–Trinajstić information content (AvgIpc) is 3.25. The Labute approximate surface area is 137 Å². The minimum atomic E-state index is -0.539. The van der Waals surface area contributed by atoms with Gasteiger partial charge in [-0.05, 0) is 18.6 Å². The van der Waals surface area contributed by atoms with Gasteiger partial charge in [0.05, 0.1) is 18.8 Å². The smallest absolute Gasteiger partial charge is 0.356 e. The molecule has 4 heterocycles. The van der Waals surface area contributed by atoms with Gasteiger partial charge in [-0.15, -0.1) is 0 Å². The quantitative estimate of drug-likeness (QED) is 0.833. The lowest BCUT2D eigenvalue weighted by atomic mass is 10.2. The number of carbonyl (C=O) groups is 2. The number of amides is 2. The monoisotopic (exact) mass is 329 g/mol. The SMILES string of the molecule is COC(=O)c1ccc2c(n1)N(C(=O)Nc1ccon1)[C@H]1CCN2C1. The van der Waals surface area contributed by atoms with Crippen LogP contribution in [-0.2, 0) is 4.74 Å². The number of ether oxygens (including phenoxy) is 1. The zero-order valence-corrected chi connectivity index (χ0v) is 12.9. The molecule has 1 fully saturated rings. The maximum Gasteiger partial charge on any atom is 0.356 e. The predicted molar refractivity (Wildman–Crippen MR) is 84.2 cm³/mol. The van der Waals surface area contributed by atoms with E-state index in [9.17, 15) is 9.59 Å². The molecular weight excluding hydrogens is 314 g/mol. The topological polar surface area (TPSA) is 101 Å². The highest BCUT2D eigenvalue weighted by atomic mass is 16.5. The zero-order chi connectivity index (χ0) is 16.7. The largest absolute Gasteiger partial charge is 0.464 e. The van der Waals surface area contributed by atoms with Gasteiger partial charge in [0.1, 0.15) is 6.26 Å². The van der Waals surface area contributed by atoms with Crippen molar-refractivity contribution in [2.24, 2.45) is 0 Å². The van der Waals surface area contributed by atoms with Crippen LogP contribution in [-0.4, -0.2) is 48.4 Å². The first-order valence-electron chi connectivity index (χ1n) is 7.52. The molecule has 2 aliphatic heterocycles. The molecule has 0 unspecified atom stereocenters. The predicted octanol–water partition coefficient (Wildman–Crippen LogP) is 1.49. The number of urea groups is 1. The van der Waals surface area contributed by atoms with Crippen molar-refractivity contribution < 1.29 is 18.8 Å². The maximum absolute atomic E-state index is 12.7. The Hall–Kier alpha value is -3.10. The van der Waals surface area contributed by atoms with Crippen molar-refractivity contribution in [1.29, 1.82) is 0 Å². The second-order valence-electron chi connectivity index (χ2n) is 5.60. The van der Waals surface area contributed by atoms with Gasteiger partial charge in [0.15, 0.2) is 17.3 Å². The number of fused-ring (bicyclic) bond motifs is 4. The first-order valence-corrected chi connectivity index (χ1v) is 7.52. The lowest BCUT2D eigenvalue weighted by Gasteiger charge is -2.35. The maximum atomic E-state index is 12.7. The lowest BCUT2D eigenvalue weighted by Crippen LogP contribution is -2.48. The van der Waals surface area contributed by atoms with E-state index < -0.39 is 5.97 Å². The minimum Gasteiger partial charge on any atom is -0.464 e. The summed E-state index contributed by atoms with van der Waals surface area (Å²) in [6.45, 7) is 1.57. The highest BCUT2D eigenvalue weighted by Gasteiger charge is 2.40. The molecule has 1 saturated heterocycles. The van der Waals surface area contributed by atoms with Crippen LogP contribution >= 0.6 is 0 Å². The van der Waals surface area contributed by atoms with Gasteiger partial charge < -0.3 is 14.2 Å². The van der Waals surface area contributed by atoms with Crippen LogP contribution in [0.1, 0.15) is 16.9 Å². The molecule has 2 aliphatic rings. The van der Waals surface area contributed by atoms with E-state index in [2.05, 4.69) is 20.4 Å². The van der Waals surface area contributed by atoms with Crippen LogP contribution in [0.15, 0.2) is 29.0 Å². The van der Waals surface area contributed by atoms with Crippen LogP contribution in [0.4, 0.5) is 22.1 Å². The minimum absolute atomic E-state index is 0.00945. The summed E-state index contributed by atoms with van der Waals surface area (Å²) < 4.78 is 9.45. The molecule has 0 aromatic carbocycles. The third kappa shape index (κ3) is 2.25. The van der Waals surface area contributed by atoms with E-state index in [0.29, 0.717) is 11.6 Å². The van der Waals surface area contributed by atoms with Gasteiger partial charge in [-0.25, -0.2) is 14.6 Å². The van der Waals surface area contributed by atoms with Crippen molar-refractivity contribution in [2.45, 2.75) is 12.5 Å². The molecule has 9 heteroatoms. The number of carbonyl (C=O) groups excluding carboxylic acids is 2. The number of hydrogen-bond donors (Lipinski definition) is 1. The number of methoxy groups -OCH3 is 1. The van der Waals surface area contributed by atoms with E-state index in [1.165, 1.54) is 13.4 Å². The fourth-order valence-electron chi connectivity index (χ4n) is 3.14. The molecule has 1 atom stereocenters. The molecule has 0 aliphatic carbocycles. The molecule has 124 valence electrons. The van der Waals surface area contributed by atoms with Crippen molar-refractivity contribution in [1.82, 2.24) is 10.1 Å². The summed E-state index contributed by atoms with van der Waals surface area (Å²) in [5, 5.41) is 6.37. The Bertz CT molecular complexity index is 791. The molecule has 2 bridgehead atoms. The first kappa shape index (κ1) is 14.5. The highest BCUT2D eigenvalue weighted by molar-refractivity contribution is 6.04. The first-order chi connectivity index (χ1) is 11.7. The van der Waals surface area contributed by atoms with Crippen molar-refractivity contribution in [3.8, 4) is 0 Å². The Morgan fingerprint density at radius 1 is 1.38 bits per heavy atom. The van der Waals surface area contributed by atoms with Crippen LogP contribution in [0.5, 0.6) is 0 Å². The van der Waals surface area contributed by atoms with Crippen molar-refractivity contribution in [2.75, 3.05) is 35.3 Å². The molecular formula is C15H15N5O4. The number of rotatable bonds is 2. The fraction of sp³-hybridized carbons (Fsp3) is 0.333. The van der Waals surface area contributed by atoms with Crippen molar-refractivity contribution in [3.63, 3.8) is 0 Å². The van der Waals surface area contributed by atoms with Gasteiger partial charge in [-0.1, -0.05) is 5.16 Å². The summed E-state index contributed by atoms with van der Waals surface area (Å²) in [6.07, 6.45) is 2.21. The molecule has 2 amide bonds. The Morgan fingerprint density at radius 3 is 3.00 bits per heavy atom. The van der Waals surface area contributed by atoms with Crippen molar-refractivity contribution in [3.05, 3.63) is 30.2 Å². The summed E-state index contributed by atoms with van der Waals surface area (Å²) in [7, 11) is 1.30. The van der Waals surface area contributed by atoms with Gasteiger partial charge >= 0.3 is 12.0 Å². The number of anilines is 3. The molecule has 0 radical (unpaired) electrons. The van der Waals surface area contributed by atoms with Gasteiger partial charge in [0.25, 0.3) is 0 Å². The molecule has 2 aromatic rings. The fourth-order valence-corrected chi connectivity index (χ4v) is 3.14. The Balaban J connectivity index is 1.72. The van der Waals surface area contributed by atoms with Gasteiger partial charge in [0, 0.05) is 19.2 Å². The third-order valence-electron chi connectivity index (χ3n) is 4.24. The number of nitrogens with one attached hydrogen (secondary N) is 1. The Morgan fingerprint density at radius 2 is 2.25 bits per heavy atom. The van der Waals surface area contributed by atoms with Crippen LogP contribution in [0.25, 0.3) is 0 Å². The molecule has 2 aromatic heterocycles. The number of nitrogens with zero attached hydrogens (tertiary/aromatic N) is 4.